The van der Waals surface area contributed by atoms with Crippen molar-refractivity contribution in [1.82, 2.24) is 5.32 Å². The van der Waals surface area contributed by atoms with E-state index in [2.05, 4.69) is 0 Å². The van der Waals surface area contributed by atoms with E-state index in [-0.39, 0.29) is 5.75 Å². The van der Waals surface area contributed by atoms with E-state index in [0.717, 1.165) is 6.26 Å². The van der Waals surface area contributed by atoms with Crippen LogP contribution in [-0.2, 0) is 14.6 Å². The summed E-state index contributed by atoms with van der Waals surface area (Å²) in [5.41, 5.74) is 0. The Labute approximate surface area is 75.2 Å². The minimum atomic E-state index is -3.25. The summed E-state index contributed by atoms with van der Waals surface area (Å²) in [6, 6.07) is -0.795. The fourth-order valence-electron chi connectivity index (χ4n) is 0.802. The average Bonchev–Trinajstić information content (AvgIpc) is 1.81. The molecule has 0 heterocycles. The van der Waals surface area contributed by atoms with Gasteiger partial charge in [0.15, 0.2) is 0 Å². The van der Waals surface area contributed by atoms with E-state index in [1.807, 2.05) is 5.32 Å². The summed E-state index contributed by atoms with van der Waals surface area (Å²) in [6.07, 6.45) is -2.14. The van der Waals surface area contributed by atoms with Gasteiger partial charge in [-0.25, -0.2) is 8.42 Å². The summed E-state index contributed by atoms with van der Waals surface area (Å²) in [6.45, 7) is 1.35. The maximum absolute atomic E-state index is 11.7. The van der Waals surface area contributed by atoms with Crippen LogP contribution in [0.25, 0.3) is 0 Å². The lowest BCUT2D eigenvalue weighted by Gasteiger charge is -2.11. The Morgan fingerprint density at radius 1 is 1.46 bits per heavy atom. The largest absolute Gasteiger partial charge is 0.348 e. The third-order valence-corrected chi connectivity index (χ3v) is 2.25. The molecule has 0 aromatic rings. The molecule has 13 heavy (non-hydrogen) atoms. The van der Waals surface area contributed by atoms with E-state index < -0.39 is 28.2 Å². The summed E-state index contributed by atoms with van der Waals surface area (Å²) < 4.78 is 44.6. The maximum Gasteiger partial charge on any atom is 0.315 e. The van der Waals surface area contributed by atoms with Gasteiger partial charge in [-0.3, -0.25) is 4.79 Å². The maximum atomic E-state index is 11.7. The van der Waals surface area contributed by atoms with Crippen molar-refractivity contribution >= 4 is 15.7 Å². The van der Waals surface area contributed by atoms with Crippen molar-refractivity contribution in [2.45, 2.75) is 19.4 Å². The Morgan fingerprint density at radius 3 is 2.23 bits per heavy atom. The molecule has 0 bridgehead atoms. The van der Waals surface area contributed by atoms with Gasteiger partial charge in [-0.15, -0.1) is 0 Å². The molecule has 1 N–H and O–H groups in total. The first-order valence-corrected chi connectivity index (χ1v) is 5.54. The van der Waals surface area contributed by atoms with Gasteiger partial charge in [-0.1, -0.05) is 0 Å². The molecule has 0 saturated carbocycles. The summed E-state index contributed by atoms with van der Waals surface area (Å²) in [5, 5.41) is 1.87. The number of hydrogen-bond acceptors (Lipinski definition) is 3. The van der Waals surface area contributed by atoms with Crippen LogP contribution < -0.4 is 5.32 Å². The Bertz CT molecular complexity index is 276. The van der Waals surface area contributed by atoms with Gasteiger partial charge in [-0.2, -0.15) is 8.78 Å². The third-order valence-electron chi connectivity index (χ3n) is 1.14. The molecule has 0 aromatic heterocycles. The predicted octanol–water partition coefficient (Wildman–Crippen LogP) is -0.199. The molecular weight excluding hydrogens is 204 g/mol. The number of nitrogens with one attached hydrogen (secondary N) is 1. The zero-order chi connectivity index (χ0) is 10.6. The second-order valence-electron chi connectivity index (χ2n) is 2.80. The number of alkyl halides is 2. The zero-order valence-electron chi connectivity index (χ0n) is 7.25. The van der Waals surface area contributed by atoms with Gasteiger partial charge in [-0.05, 0) is 6.92 Å². The van der Waals surface area contributed by atoms with Crippen LogP contribution in [0.1, 0.15) is 6.92 Å². The van der Waals surface area contributed by atoms with Crippen molar-refractivity contribution in [2.75, 3.05) is 12.0 Å². The van der Waals surface area contributed by atoms with E-state index in [9.17, 15) is 22.0 Å². The number of hydrogen-bond donors (Lipinski definition) is 1. The zero-order valence-corrected chi connectivity index (χ0v) is 8.07. The third kappa shape index (κ3) is 6.44. The van der Waals surface area contributed by atoms with Crippen LogP contribution in [0.3, 0.4) is 0 Å². The number of carbonyl (C=O) groups is 1. The molecule has 0 rings (SSSR count). The lowest BCUT2D eigenvalue weighted by molar-refractivity contribution is -0.132. The van der Waals surface area contributed by atoms with Crippen molar-refractivity contribution in [3.05, 3.63) is 0 Å². The SMILES string of the molecule is CC(CS(C)(=O)=O)NC(=O)C(F)F. The molecule has 0 fully saturated rings. The molecule has 4 nitrogen and oxygen atoms in total. The molecule has 0 aliphatic carbocycles. The van der Waals surface area contributed by atoms with Gasteiger partial charge in [0, 0.05) is 12.3 Å². The van der Waals surface area contributed by atoms with E-state index in [0.29, 0.717) is 0 Å². The Morgan fingerprint density at radius 2 is 1.92 bits per heavy atom. The summed E-state index contributed by atoms with van der Waals surface area (Å²) in [5.74, 6) is -1.79. The van der Waals surface area contributed by atoms with Crippen molar-refractivity contribution in [3.63, 3.8) is 0 Å². The van der Waals surface area contributed by atoms with Crippen LogP contribution in [0.15, 0.2) is 0 Å². The monoisotopic (exact) mass is 215 g/mol. The second kappa shape index (κ2) is 4.50. The van der Waals surface area contributed by atoms with Gasteiger partial charge < -0.3 is 5.32 Å². The summed E-state index contributed by atoms with van der Waals surface area (Å²) >= 11 is 0. The molecule has 0 spiro atoms. The highest BCUT2D eigenvalue weighted by Gasteiger charge is 2.19. The van der Waals surface area contributed by atoms with Crippen LogP contribution in [0, 0.1) is 0 Å². The smallest absolute Gasteiger partial charge is 0.315 e. The lowest BCUT2D eigenvalue weighted by Crippen LogP contribution is -2.40. The second-order valence-corrected chi connectivity index (χ2v) is 4.99. The topological polar surface area (TPSA) is 63.2 Å². The highest BCUT2D eigenvalue weighted by molar-refractivity contribution is 7.90. The van der Waals surface area contributed by atoms with Gasteiger partial charge in [0.2, 0.25) is 0 Å². The number of amides is 1. The molecule has 0 saturated heterocycles. The number of halogens is 2. The first kappa shape index (κ1) is 12.3. The Kier molecular flexibility index (Phi) is 4.25. The first-order valence-electron chi connectivity index (χ1n) is 3.48. The van der Waals surface area contributed by atoms with E-state index in [4.69, 9.17) is 0 Å². The summed E-state index contributed by atoms with van der Waals surface area (Å²) in [7, 11) is -3.25. The molecule has 1 atom stereocenters. The number of carbonyl (C=O) groups excluding carboxylic acids is 1. The lowest BCUT2D eigenvalue weighted by atomic mass is 10.4. The normalized spacial score (nSPS) is 14.2. The van der Waals surface area contributed by atoms with Crippen LogP contribution in [0.2, 0.25) is 0 Å². The molecule has 0 aromatic carbocycles. The molecule has 0 aliphatic heterocycles. The van der Waals surface area contributed by atoms with E-state index in [1.165, 1.54) is 6.92 Å². The summed E-state index contributed by atoms with van der Waals surface area (Å²) in [4.78, 5) is 10.4. The van der Waals surface area contributed by atoms with E-state index in [1.54, 1.807) is 0 Å². The van der Waals surface area contributed by atoms with Crippen LogP contribution in [-0.4, -0.2) is 38.8 Å². The quantitative estimate of drug-likeness (QED) is 0.706. The number of rotatable bonds is 4. The average molecular weight is 215 g/mol. The highest BCUT2D eigenvalue weighted by atomic mass is 32.2. The van der Waals surface area contributed by atoms with Gasteiger partial charge in [0.1, 0.15) is 9.84 Å². The van der Waals surface area contributed by atoms with Crippen LogP contribution >= 0.6 is 0 Å². The van der Waals surface area contributed by atoms with Gasteiger partial charge in [0.05, 0.1) is 5.75 Å². The fraction of sp³-hybridized carbons (Fsp3) is 0.833. The van der Waals surface area contributed by atoms with Crippen LogP contribution in [0.4, 0.5) is 8.78 Å². The highest BCUT2D eigenvalue weighted by Crippen LogP contribution is 1.95. The van der Waals surface area contributed by atoms with Crippen molar-refractivity contribution in [1.29, 1.82) is 0 Å². The molecule has 7 heteroatoms. The van der Waals surface area contributed by atoms with Crippen molar-refractivity contribution < 1.29 is 22.0 Å². The molecule has 1 amide bonds. The van der Waals surface area contributed by atoms with Crippen LogP contribution in [0.5, 0.6) is 0 Å². The van der Waals surface area contributed by atoms with Crippen molar-refractivity contribution in [2.24, 2.45) is 0 Å². The number of sulfone groups is 1. The Balaban J connectivity index is 4.03. The molecule has 78 valence electrons. The molecule has 0 aliphatic rings. The van der Waals surface area contributed by atoms with Gasteiger partial charge in [0.25, 0.3) is 5.91 Å². The fourth-order valence-corrected chi connectivity index (χ4v) is 1.79. The standard InChI is InChI=1S/C6H11F2NO3S/c1-4(3-13(2,11)12)9-6(10)5(7)8/h4-5H,3H2,1-2H3,(H,9,10). The first-order chi connectivity index (χ1) is 5.72. The molecule has 0 radical (unpaired) electrons. The van der Waals surface area contributed by atoms with Crippen molar-refractivity contribution in [3.8, 4) is 0 Å². The minimum Gasteiger partial charge on any atom is -0.348 e. The van der Waals surface area contributed by atoms with E-state index >= 15 is 0 Å². The minimum absolute atomic E-state index is 0.342. The Hall–Kier alpha value is -0.720. The van der Waals surface area contributed by atoms with Gasteiger partial charge >= 0.3 is 6.43 Å². The predicted molar refractivity (Wildman–Crippen MR) is 43.3 cm³/mol. The molecule has 1 unspecified atom stereocenters. The molecular formula is C6H11F2NO3S.